The van der Waals surface area contributed by atoms with Crippen LogP contribution in [0.4, 0.5) is 14.5 Å². The summed E-state index contributed by atoms with van der Waals surface area (Å²) in [5.74, 6) is -0.958. The molecule has 19 heavy (non-hydrogen) atoms. The minimum atomic E-state index is -0.642. The summed E-state index contributed by atoms with van der Waals surface area (Å²) in [5.41, 5.74) is 1.45. The molecule has 1 nitrogen and oxygen atoms in total. The second-order valence-corrected chi connectivity index (χ2v) is 5.51. The van der Waals surface area contributed by atoms with Gasteiger partial charge in [0.1, 0.15) is 5.82 Å². The summed E-state index contributed by atoms with van der Waals surface area (Å²) in [7, 11) is 0. The first-order valence-corrected chi connectivity index (χ1v) is 6.84. The lowest BCUT2D eigenvalue weighted by atomic mass is 10.2. The molecule has 0 bridgehead atoms. The van der Waals surface area contributed by atoms with Gasteiger partial charge in [0.25, 0.3) is 0 Å². The second kappa shape index (κ2) is 6.07. The van der Waals surface area contributed by atoms with Crippen LogP contribution in [0.3, 0.4) is 0 Å². The molecule has 100 valence electrons. The zero-order valence-electron chi connectivity index (χ0n) is 9.48. The number of nitrogens with one attached hydrogen (secondary N) is 1. The van der Waals surface area contributed by atoms with Gasteiger partial charge >= 0.3 is 0 Å². The zero-order chi connectivity index (χ0) is 14.0. The first-order valence-electron chi connectivity index (χ1n) is 5.29. The monoisotopic (exact) mass is 365 g/mol. The molecule has 2 aromatic carbocycles. The van der Waals surface area contributed by atoms with E-state index in [9.17, 15) is 8.78 Å². The summed E-state index contributed by atoms with van der Waals surface area (Å²) >= 11 is 14.7. The highest BCUT2D eigenvalue weighted by Gasteiger charge is 2.08. The van der Waals surface area contributed by atoms with Crippen molar-refractivity contribution in [3.8, 4) is 0 Å². The van der Waals surface area contributed by atoms with Crippen molar-refractivity contribution in [3.05, 3.63) is 62.0 Å². The molecule has 0 aromatic heterocycles. The van der Waals surface area contributed by atoms with Gasteiger partial charge in [-0.1, -0.05) is 45.2 Å². The lowest BCUT2D eigenvalue weighted by Crippen LogP contribution is -2.01. The van der Waals surface area contributed by atoms with Crippen LogP contribution in [0, 0.1) is 11.6 Å². The molecule has 0 radical (unpaired) electrons. The van der Waals surface area contributed by atoms with Crippen molar-refractivity contribution in [1.82, 2.24) is 0 Å². The Labute approximate surface area is 127 Å². The van der Waals surface area contributed by atoms with E-state index in [4.69, 9.17) is 23.2 Å². The number of anilines is 1. The van der Waals surface area contributed by atoms with E-state index in [1.165, 1.54) is 24.3 Å². The lowest BCUT2D eigenvalue weighted by molar-refractivity contribution is 0.626. The van der Waals surface area contributed by atoms with Crippen LogP contribution in [0.15, 0.2) is 34.8 Å². The molecule has 0 fully saturated rings. The molecule has 2 rings (SSSR count). The van der Waals surface area contributed by atoms with Gasteiger partial charge in [0.15, 0.2) is 5.82 Å². The molecule has 0 amide bonds. The van der Waals surface area contributed by atoms with Gasteiger partial charge in [-0.15, -0.1) is 0 Å². The van der Waals surface area contributed by atoms with Crippen molar-refractivity contribution in [2.24, 2.45) is 0 Å². The summed E-state index contributed by atoms with van der Waals surface area (Å²) in [5, 5.41) is 2.95. The Balaban J connectivity index is 2.14. The molecule has 0 spiro atoms. The highest BCUT2D eigenvalue weighted by atomic mass is 79.9. The maximum Gasteiger partial charge on any atom is 0.160 e. The quantitative estimate of drug-likeness (QED) is 0.692. The van der Waals surface area contributed by atoms with Gasteiger partial charge < -0.3 is 5.32 Å². The lowest BCUT2D eigenvalue weighted by Gasteiger charge is -2.10. The van der Waals surface area contributed by atoms with Gasteiger partial charge in [-0.3, -0.25) is 0 Å². The van der Waals surface area contributed by atoms with E-state index in [1.54, 1.807) is 6.07 Å². The summed E-state index contributed by atoms with van der Waals surface area (Å²) < 4.78 is 26.8. The average Bonchev–Trinajstić information content (AvgIpc) is 2.34. The van der Waals surface area contributed by atoms with E-state index >= 15 is 0 Å². The molecule has 0 aliphatic heterocycles. The van der Waals surface area contributed by atoms with Gasteiger partial charge in [-0.05, 0) is 29.8 Å². The molecular formula is C13H8BrCl2F2N. The van der Waals surface area contributed by atoms with Crippen LogP contribution >= 0.6 is 39.1 Å². The Bertz CT molecular complexity index is 597. The maximum absolute atomic E-state index is 13.2. The number of hydrogen-bond donors (Lipinski definition) is 1. The third-order valence-electron chi connectivity index (χ3n) is 2.48. The first-order chi connectivity index (χ1) is 8.97. The largest absolute Gasteiger partial charge is 0.381 e. The van der Waals surface area contributed by atoms with Crippen molar-refractivity contribution < 1.29 is 8.78 Å². The maximum atomic E-state index is 13.2. The zero-order valence-corrected chi connectivity index (χ0v) is 12.6. The summed E-state index contributed by atoms with van der Waals surface area (Å²) in [4.78, 5) is 0. The van der Waals surface area contributed by atoms with Crippen LogP contribution in [0.2, 0.25) is 10.0 Å². The van der Waals surface area contributed by atoms with Crippen molar-refractivity contribution in [2.45, 2.75) is 6.54 Å². The summed E-state index contributed by atoms with van der Waals surface area (Å²) in [6.07, 6.45) is 0. The third-order valence-corrected chi connectivity index (χ3v) is 3.77. The normalized spacial score (nSPS) is 10.6. The van der Waals surface area contributed by atoms with Gasteiger partial charge in [0.2, 0.25) is 0 Å². The fourth-order valence-electron chi connectivity index (χ4n) is 1.52. The van der Waals surface area contributed by atoms with Crippen LogP contribution in [0.1, 0.15) is 5.56 Å². The van der Waals surface area contributed by atoms with Crippen molar-refractivity contribution >= 4 is 44.8 Å². The van der Waals surface area contributed by atoms with Gasteiger partial charge in [0, 0.05) is 16.7 Å². The van der Waals surface area contributed by atoms with E-state index in [0.717, 1.165) is 5.56 Å². The van der Waals surface area contributed by atoms with E-state index in [2.05, 4.69) is 21.2 Å². The fourth-order valence-corrected chi connectivity index (χ4v) is 2.50. The van der Waals surface area contributed by atoms with Crippen LogP contribution < -0.4 is 5.32 Å². The van der Waals surface area contributed by atoms with Crippen LogP contribution in [-0.4, -0.2) is 0 Å². The number of hydrogen-bond acceptors (Lipinski definition) is 1. The Hall–Kier alpha value is -0.840. The second-order valence-electron chi connectivity index (χ2n) is 3.84. The number of halogens is 5. The summed E-state index contributed by atoms with van der Waals surface area (Å²) in [6.45, 7) is 0.430. The Morgan fingerprint density at radius 1 is 1.05 bits per heavy atom. The fraction of sp³-hybridized carbons (Fsp3) is 0.0769. The number of benzene rings is 2. The minimum Gasteiger partial charge on any atom is -0.381 e. The van der Waals surface area contributed by atoms with Gasteiger partial charge in [-0.2, -0.15) is 0 Å². The SMILES string of the molecule is Fc1ccc(CNc2cc(Cl)c(F)c(Cl)c2)c(Br)c1. The molecule has 0 heterocycles. The highest BCUT2D eigenvalue weighted by molar-refractivity contribution is 9.10. The highest BCUT2D eigenvalue weighted by Crippen LogP contribution is 2.28. The van der Waals surface area contributed by atoms with E-state index in [0.29, 0.717) is 16.7 Å². The molecule has 0 aliphatic rings. The van der Waals surface area contributed by atoms with E-state index < -0.39 is 5.82 Å². The van der Waals surface area contributed by atoms with Crippen LogP contribution in [-0.2, 0) is 6.54 Å². The van der Waals surface area contributed by atoms with Crippen molar-refractivity contribution in [1.29, 1.82) is 0 Å². The molecule has 0 atom stereocenters. The predicted molar refractivity (Wildman–Crippen MR) is 77.8 cm³/mol. The molecule has 6 heteroatoms. The van der Waals surface area contributed by atoms with Gasteiger partial charge in [0.05, 0.1) is 10.0 Å². The van der Waals surface area contributed by atoms with Crippen LogP contribution in [0.5, 0.6) is 0 Å². The Morgan fingerprint density at radius 2 is 1.68 bits per heavy atom. The molecule has 0 saturated carbocycles. The smallest absolute Gasteiger partial charge is 0.160 e. The molecule has 0 aliphatic carbocycles. The van der Waals surface area contributed by atoms with Crippen molar-refractivity contribution in [2.75, 3.05) is 5.32 Å². The standard InChI is InChI=1S/C13H8BrCl2F2N/c14-10-3-8(17)2-1-7(10)6-19-9-4-11(15)13(18)12(16)5-9/h1-5,19H,6H2. The number of rotatable bonds is 3. The molecule has 0 saturated heterocycles. The summed E-state index contributed by atoms with van der Waals surface area (Å²) in [6, 6.07) is 7.29. The predicted octanol–water partition coefficient (Wildman–Crippen LogP) is 5.65. The van der Waals surface area contributed by atoms with Gasteiger partial charge in [-0.25, -0.2) is 8.78 Å². The molecule has 0 unspecified atom stereocenters. The molecule has 2 aromatic rings. The van der Waals surface area contributed by atoms with Crippen molar-refractivity contribution in [3.63, 3.8) is 0 Å². The van der Waals surface area contributed by atoms with Crippen LogP contribution in [0.25, 0.3) is 0 Å². The Kier molecular flexibility index (Phi) is 4.66. The average molecular weight is 367 g/mol. The van der Waals surface area contributed by atoms with E-state index in [1.807, 2.05) is 0 Å². The Morgan fingerprint density at radius 3 is 2.26 bits per heavy atom. The topological polar surface area (TPSA) is 12.0 Å². The third kappa shape index (κ3) is 3.59. The minimum absolute atomic E-state index is 0.0480. The first kappa shape index (κ1) is 14.6. The molecular weight excluding hydrogens is 359 g/mol. The molecule has 1 N–H and O–H groups in total. The van der Waals surface area contributed by atoms with E-state index in [-0.39, 0.29) is 15.9 Å².